The molecule has 4 rings (SSSR count). The first kappa shape index (κ1) is 26.2. The lowest BCUT2D eigenvalue weighted by molar-refractivity contribution is -0.118. The van der Waals surface area contributed by atoms with Crippen molar-refractivity contribution < 1.29 is 14.3 Å². The van der Waals surface area contributed by atoms with Crippen LogP contribution in [0.1, 0.15) is 15.9 Å². The van der Waals surface area contributed by atoms with Gasteiger partial charge in [0.1, 0.15) is 12.4 Å². The first-order valence-electron chi connectivity index (χ1n) is 11.6. The number of hydrogen-bond acceptors (Lipinski definition) is 6. The molecule has 0 bridgehead atoms. The van der Waals surface area contributed by atoms with Gasteiger partial charge in [0, 0.05) is 28.9 Å². The first-order chi connectivity index (χ1) is 17.9. The van der Waals surface area contributed by atoms with Crippen molar-refractivity contribution in [1.82, 2.24) is 20.1 Å². The molecule has 0 saturated heterocycles. The number of aryl methyl sites for hydroxylation is 1. The van der Waals surface area contributed by atoms with E-state index < -0.39 is 0 Å². The highest BCUT2D eigenvalue weighted by molar-refractivity contribution is 7.99. The van der Waals surface area contributed by atoms with Crippen molar-refractivity contribution in [1.29, 1.82) is 0 Å². The molecule has 2 N–H and O–H groups in total. The number of anilines is 1. The molecule has 37 heavy (non-hydrogen) atoms. The number of ether oxygens (including phenoxy) is 1. The van der Waals surface area contributed by atoms with Gasteiger partial charge in [0.25, 0.3) is 5.91 Å². The standard InChI is InChI=1S/C27H26ClN5O3S/c1-18-6-3-4-9-23(18)26(35)30-21-8-5-7-19(16-21)25-31-32-27(33(25)2)37-17-24(34)29-14-15-36-22-12-10-20(28)11-13-22/h3-13,16H,14-15,17H2,1-2H3,(H,29,34)(H,30,35). The molecular formula is C27H26ClN5O3S. The maximum atomic E-state index is 12.7. The molecule has 3 aromatic carbocycles. The summed E-state index contributed by atoms with van der Waals surface area (Å²) in [7, 11) is 1.84. The number of aromatic nitrogens is 3. The highest BCUT2D eigenvalue weighted by Gasteiger charge is 2.14. The van der Waals surface area contributed by atoms with Gasteiger partial charge >= 0.3 is 0 Å². The Labute approximate surface area is 224 Å². The molecule has 4 aromatic rings. The predicted molar refractivity (Wildman–Crippen MR) is 146 cm³/mol. The maximum Gasteiger partial charge on any atom is 0.255 e. The second-order valence-electron chi connectivity index (χ2n) is 8.16. The predicted octanol–water partition coefficient (Wildman–Crippen LogP) is 4.98. The zero-order chi connectivity index (χ0) is 26.2. The average molecular weight is 536 g/mol. The molecule has 0 radical (unpaired) electrons. The summed E-state index contributed by atoms with van der Waals surface area (Å²) >= 11 is 7.15. The molecule has 190 valence electrons. The van der Waals surface area contributed by atoms with Gasteiger partial charge in [0.15, 0.2) is 11.0 Å². The van der Waals surface area contributed by atoms with E-state index >= 15 is 0 Å². The fourth-order valence-electron chi connectivity index (χ4n) is 3.53. The third-order valence-corrected chi connectivity index (χ3v) is 6.71. The number of amides is 2. The number of carbonyl (C=O) groups excluding carboxylic acids is 2. The van der Waals surface area contributed by atoms with Crippen LogP contribution in [-0.2, 0) is 11.8 Å². The van der Waals surface area contributed by atoms with Gasteiger partial charge in [-0.15, -0.1) is 10.2 Å². The van der Waals surface area contributed by atoms with E-state index in [-0.39, 0.29) is 17.6 Å². The van der Waals surface area contributed by atoms with E-state index in [4.69, 9.17) is 16.3 Å². The molecule has 2 amide bonds. The highest BCUT2D eigenvalue weighted by Crippen LogP contribution is 2.25. The van der Waals surface area contributed by atoms with E-state index in [9.17, 15) is 9.59 Å². The summed E-state index contributed by atoms with van der Waals surface area (Å²) < 4.78 is 7.40. The summed E-state index contributed by atoms with van der Waals surface area (Å²) in [6, 6.07) is 21.9. The molecular weight excluding hydrogens is 510 g/mol. The lowest BCUT2D eigenvalue weighted by atomic mass is 10.1. The fraction of sp³-hybridized carbons (Fsp3) is 0.185. The van der Waals surface area contributed by atoms with Gasteiger partial charge in [-0.25, -0.2) is 0 Å². The van der Waals surface area contributed by atoms with Gasteiger partial charge < -0.3 is 19.9 Å². The van der Waals surface area contributed by atoms with Crippen molar-refractivity contribution >= 4 is 40.9 Å². The first-order valence-corrected chi connectivity index (χ1v) is 12.9. The summed E-state index contributed by atoms with van der Waals surface area (Å²) in [5.74, 6) is 1.22. The van der Waals surface area contributed by atoms with E-state index in [0.29, 0.717) is 46.2 Å². The number of nitrogens with zero attached hydrogens (tertiary/aromatic N) is 3. The Balaban J connectivity index is 1.29. The molecule has 0 atom stereocenters. The second kappa shape index (κ2) is 12.4. The number of carbonyl (C=O) groups is 2. The van der Waals surface area contributed by atoms with Crippen LogP contribution in [0.3, 0.4) is 0 Å². The minimum atomic E-state index is -0.172. The SMILES string of the molecule is Cc1ccccc1C(=O)Nc1cccc(-c2nnc(SCC(=O)NCCOc3ccc(Cl)cc3)n2C)c1. The molecule has 0 fully saturated rings. The summed E-state index contributed by atoms with van der Waals surface area (Å²) in [6.07, 6.45) is 0. The number of benzene rings is 3. The van der Waals surface area contributed by atoms with Crippen molar-refractivity contribution in [2.45, 2.75) is 12.1 Å². The van der Waals surface area contributed by atoms with E-state index in [1.165, 1.54) is 11.8 Å². The molecule has 8 nitrogen and oxygen atoms in total. The van der Waals surface area contributed by atoms with Gasteiger partial charge in [0.05, 0.1) is 12.3 Å². The normalized spacial score (nSPS) is 10.7. The van der Waals surface area contributed by atoms with Crippen LogP contribution >= 0.6 is 23.4 Å². The second-order valence-corrected chi connectivity index (χ2v) is 9.53. The van der Waals surface area contributed by atoms with Gasteiger partial charge in [0.2, 0.25) is 5.91 Å². The lowest BCUT2D eigenvalue weighted by Gasteiger charge is -2.09. The Morgan fingerprint density at radius 3 is 2.59 bits per heavy atom. The molecule has 0 saturated carbocycles. The smallest absolute Gasteiger partial charge is 0.255 e. The molecule has 1 heterocycles. The molecule has 10 heteroatoms. The number of thioether (sulfide) groups is 1. The molecule has 0 aliphatic carbocycles. The third kappa shape index (κ3) is 7.12. The highest BCUT2D eigenvalue weighted by atomic mass is 35.5. The summed E-state index contributed by atoms with van der Waals surface area (Å²) in [6.45, 7) is 2.63. The fourth-order valence-corrected chi connectivity index (χ4v) is 4.39. The Kier molecular flexibility index (Phi) is 8.81. The number of halogens is 1. The van der Waals surface area contributed by atoms with Crippen LogP contribution in [0.25, 0.3) is 11.4 Å². The molecule has 0 aliphatic heterocycles. The molecule has 1 aromatic heterocycles. The minimum Gasteiger partial charge on any atom is -0.492 e. The van der Waals surface area contributed by atoms with Crippen LogP contribution in [0, 0.1) is 6.92 Å². The third-order valence-electron chi connectivity index (χ3n) is 5.44. The largest absolute Gasteiger partial charge is 0.492 e. The molecule has 0 unspecified atom stereocenters. The monoisotopic (exact) mass is 535 g/mol. The Morgan fingerprint density at radius 1 is 1.03 bits per heavy atom. The van der Waals surface area contributed by atoms with Crippen molar-refractivity contribution in [3.8, 4) is 17.1 Å². The van der Waals surface area contributed by atoms with Crippen LogP contribution in [0.5, 0.6) is 5.75 Å². The summed E-state index contributed by atoms with van der Waals surface area (Å²) in [5, 5.41) is 15.5. The van der Waals surface area contributed by atoms with Gasteiger partial charge in [-0.3, -0.25) is 9.59 Å². The van der Waals surface area contributed by atoms with Gasteiger partial charge in [-0.05, 0) is 55.0 Å². The topological polar surface area (TPSA) is 98.1 Å². The molecule has 0 spiro atoms. The van der Waals surface area contributed by atoms with Crippen molar-refractivity contribution in [3.05, 3.63) is 88.9 Å². The quantitative estimate of drug-likeness (QED) is 0.219. The Bertz CT molecular complexity index is 1390. The minimum absolute atomic E-state index is 0.129. The van der Waals surface area contributed by atoms with Crippen LogP contribution in [0.15, 0.2) is 78.0 Å². The van der Waals surface area contributed by atoms with Crippen LogP contribution in [0.4, 0.5) is 5.69 Å². The van der Waals surface area contributed by atoms with Crippen LogP contribution < -0.4 is 15.4 Å². The molecule has 0 aliphatic rings. The average Bonchev–Trinajstić information content (AvgIpc) is 3.27. The summed E-state index contributed by atoms with van der Waals surface area (Å²) in [4.78, 5) is 24.9. The zero-order valence-electron chi connectivity index (χ0n) is 20.4. The number of nitrogens with one attached hydrogen (secondary N) is 2. The van der Waals surface area contributed by atoms with E-state index in [0.717, 1.165) is 11.1 Å². The van der Waals surface area contributed by atoms with E-state index in [2.05, 4.69) is 20.8 Å². The Morgan fingerprint density at radius 2 is 1.81 bits per heavy atom. The summed E-state index contributed by atoms with van der Waals surface area (Å²) in [5.41, 5.74) is 2.99. The van der Waals surface area contributed by atoms with Crippen molar-refractivity contribution in [2.75, 3.05) is 24.2 Å². The van der Waals surface area contributed by atoms with Crippen molar-refractivity contribution in [3.63, 3.8) is 0 Å². The zero-order valence-corrected chi connectivity index (χ0v) is 22.0. The maximum absolute atomic E-state index is 12.7. The van der Waals surface area contributed by atoms with Crippen LogP contribution in [0.2, 0.25) is 5.02 Å². The van der Waals surface area contributed by atoms with Gasteiger partial charge in [-0.2, -0.15) is 0 Å². The number of hydrogen-bond donors (Lipinski definition) is 2. The van der Waals surface area contributed by atoms with Crippen molar-refractivity contribution in [2.24, 2.45) is 7.05 Å². The number of rotatable bonds is 10. The van der Waals surface area contributed by atoms with E-state index in [1.807, 2.05) is 61.0 Å². The van der Waals surface area contributed by atoms with Crippen LogP contribution in [-0.4, -0.2) is 45.5 Å². The van der Waals surface area contributed by atoms with E-state index in [1.54, 1.807) is 30.3 Å². The Hall–Kier alpha value is -3.82. The lowest BCUT2D eigenvalue weighted by Crippen LogP contribution is -2.29. The van der Waals surface area contributed by atoms with Gasteiger partial charge in [-0.1, -0.05) is 53.7 Å².